The third-order valence-electron chi connectivity index (χ3n) is 4.58. The number of carbonyl (C=O) groups is 1. The second-order valence-electron chi connectivity index (χ2n) is 6.00. The van der Waals surface area contributed by atoms with E-state index >= 15 is 0 Å². The number of rotatable bonds is 2. The third-order valence-corrected chi connectivity index (χ3v) is 5.97. The van der Waals surface area contributed by atoms with Gasteiger partial charge in [-0.25, -0.2) is 0 Å². The molecule has 0 N–H and O–H groups in total. The second-order valence-corrected chi connectivity index (χ2v) is 7.35. The van der Waals surface area contributed by atoms with Gasteiger partial charge < -0.3 is 4.90 Å². The van der Waals surface area contributed by atoms with Gasteiger partial charge in [-0.05, 0) is 19.8 Å². The Kier molecular flexibility index (Phi) is 4.62. The SMILES string of the molecule is CCn1cc(C(=O)N2CCS[C@@H]3CCCC[C@H]32)c(C(F)(F)F)n1. The summed E-state index contributed by atoms with van der Waals surface area (Å²) >= 11 is 1.85. The molecule has 1 aliphatic heterocycles. The number of aryl methyl sites for hydroxylation is 1. The molecule has 0 spiro atoms. The number of nitrogens with zero attached hydrogens (tertiary/aromatic N) is 3. The molecule has 2 atom stereocenters. The molecule has 0 aromatic carbocycles. The summed E-state index contributed by atoms with van der Waals surface area (Å²) < 4.78 is 40.8. The van der Waals surface area contributed by atoms with E-state index in [2.05, 4.69) is 5.10 Å². The Morgan fingerprint density at radius 1 is 1.39 bits per heavy atom. The standard InChI is InChI=1S/C15H20F3N3OS/c1-2-20-9-10(13(19-20)15(16,17)18)14(22)21-7-8-23-12-6-4-3-5-11(12)21/h9,11-12H,2-8H2,1H3/t11-,12-/m1/s1. The summed E-state index contributed by atoms with van der Waals surface area (Å²) in [6.45, 7) is 2.52. The first kappa shape index (κ1) is 16.7. The van der Waals surface area contributed by atoms with Crippen molar-refractivity contribution in [2.75, 3.05) is 12.3 Å². The largest absolute Gasteiger partial charge is 0.435 e. The molecule has 0 radical (unpaired) electrons. The van der Waals surface area contributed by atoms with Crippen molar-refractivity contribution in [1.82, 2.24) is 14.7 Å². The van der Waals surface area contributed by atoms with Crippen LogP contribution in [-0.4, -0.2) is 44.2 Å². The summed E-state index contributed by atoms with van der Waals surface area (Å²) in [7, 11) is 0. The lowest BCUT2D eigenvalue weighted by atomic mass is 9.92. The number of aromatic nitrogens is 2. The number of amides is 1. The Labute approximate surface area is 137 Å². The van der Waals surface area contributed by atoms with Crippen molar-refractivity contribution in [3.8, 4) is 0 Å². The Morgan fingerprint density at radius 2 is 2.13 bits per heavy atom. The van der Waals surface area contributed by atoms with Crippen LogP contribution in [0.15, 0.2) is 6.20 Å². The molecule has 4 nitrogen and oxygen atoms in total. The van der Waals surface area contributed by atoms with Crippen molar-refractivity contribution in [3.63, 3.8) is 0 Å². The molecular formula is C15H20F3N3OS. The van der Waals surface area contributed by atoms with Gasteiger partial charge in [-0.3, -0.25) is 9.48 Å². The zero-order chi connectivity index (χ0) is 16.6. The highest BCUT2D eigenvalue weighted by Gasteiger charge is 2.43. The maximum Gasteiger partial charge on any atom is 0.435 e. The van der Waals surface area contributed by atoms with Crippen LogP contribution in [0.2, 0.25) is 0 Å². The van der Waals surface area contributed by atoms with E-state index in [0.717, 1.165) is 31.4 Å². The molecule has 2 fully saturated rings. The van der Waals surface area contributed by atoms with Gasteiger partial charge in [0, 0.05) is 36.3 Å². The van der Waals surface area contributed by atoms with Gasteiger partial charge in [0.15, 0.2) is 5.69 Å². The van der Waals surface area contributed by atoms with E-state index in [9.17, 15) is 18.0 Å². The van der Waals surface area contributed by atoms with Gasteiger partial charge in [0.1, 0.15) is 0 Å². The summed E-state index contributed by atoms with van der Waals surface area (Å²) in [5, 5.41) is 3.92. The first-order chi connectivity index (χ1) is 10.9. The molecule has 1 saturated heterocycles. The lowest BCUT2D eigenvalue weighted by Crippen LogP contribution is -2.51. The molecule has 8 heteroatoms. The van der Waals surface area contributed by atoms with Crippen LogP contribution in [0.4, 0.5) is 13.2 Å². The van der Waals surface area contributed by atoms with Crippen molar-refractivity contribution in [2.45, 2.75) is 56.6 Å². The lowest BCUT2D eigenvalue weighted by molar-refractivity contribution is -0.141. The number of hydrogen-bond acceptors (Lipinski definition) is 3. The minimum absolute atomic E-state index is 0.0565. The number of alkyl halides is 3. The van der Waals surface area contributed by atoms with Gasteiger partial charge in [0.2, 0.25) is 0 Å². The average molecular weight is 347 g/mol. The summed E-state index contributed by atoms with van der Waals surface area (Å²) in [6.07, 6.45) is 0.725. The minimum Gasteiger partial charge on any atom is -0.334 e. The maximum absolute atomic E-state index is 13.2. The quantitative estimate of drug-likeness (QED) is 0.823. The van der Waals surface area contributed by atoms with E-state index < -0.39 is 17.8 Å². The topological polar surface area (TPSA) is 38.1 Å². The summed E-state index contributed by atoms with van der Waals surface area (Å²) in [5.41, 5.74) is -1.37. The van der Waals surface area contributed by atoms with Crippen LogP contribution >= 0.6 is 11.8 Å². The number of thioether (sulfide) groups is 1. The van der Waals surface area contributed by atoms with Gasteiger partial charge in [-0.15, -0.1) is 0 Å². The van der Waals surface area contributed by atoms with Crippen LogP contribution in [0.25, 0.3) is 0 Å². The molecule has 0 unspecified atom stereocenters. The average Bonchev–Trinajstić information content (AvgIpc) is 2.98. The molecule has 0 bridgehead atoms. The molecule has 3 rings (SSSR count). The van der Waals surface area contributed by atoms with Crippen LogP contribution in [0.5, 0.6) is 0 Å². The number of halogens is 3. The van der Waals surface area contributed by atoms with Crippen LogP contribution in [0.1, 0.15) is 48.7 Å². The van der Waals surface area contributed by atoms with Gasteiger partial charge in [-0.1, -0.05) is 12.8 Å². The smallest absolute Gasteiger partial charge is 0.334 e. The Hall–Kier alpha value is -1.18. The number of hydrogen-bond donors (Lipinski definition) is 0. The van der Waals surface area contributed by atoms with Crippen LogP contribution < -0.4 is 0 Å². The first-order valence-corrected chi connectivity index (χ1v) is 9.04. The van der Waals surface area contributed by atoms with Gasteiger partial charge in [0.05, 0.1) is 5.56 Å². The van der Waals surface area contributed by atoms with E-state index in [-0.39, 0.29) is 11.6 Å². The van der Waals surface area contributed by atoms with Crippen molar-refractivity contribution < 1.29 is 18.0 Å². The van der Waals surface area contributed by atoms with E-state index in [1.165, 1.54) is 10.9 Å². The molecule has 1 aliphatic carbocycles. The first-order valence-electron chi connectivity index (χ1n) is 7.99. The van der Waals surface area contributed by atoms with E-state index in [1.54, 1.807) is 11.8 Å². The summed E-state index contributed by atoms with van der Waals surface area (Å²) in [4.78, 5) is 14.5. The number of fused-ring (bicyclic) bond motifs is 1. The zero-order valence-corrected chi connectivity index (χ0v) is 13.8. The van der Waals surface area contributed by atoms with E-state index in [1.807, 2.05) is 11.8 Å². The van der Waals surface area contributed by atoms with Crippen molar-refractivity contribution in [1.29, 1.82) is 0 Å². The normalized spacial score (nSPS) is 25.3. The fraction of sp³-hybridized carbons (Fsp3) is 0.733. The van der Waals surface area contributed by atoms with Crippen LogP contribution in [0, 0.1) is 0 Å². The molecule has 1 saturated carbocycles. The van der Waals surface area contributed by atoms with E-state index in [0.29, 0.717) is 18.3 Å². The summed E-state index contributed by atoms with van der Waals surface area (Å²) in [5.74, 6) is 0.269. The van der Waals surface area contributed by atoms with Gasteiger partial charge in [-0.2, -0.15) is 30.0 Å². The molecule has 2 heterocycles. The molecule has 2 aliphatic rings. The second kappa shape index (κ2) is 6.37. The monoisotopic (exact) mass is 347 g/mol. The molecule has 1 amide bonds. The molecule has 23 heavy (non-hydrogen) atoms. The number of carbonyl (C=O) groups excluding carboxylic acids is 1. The molecule has 128 valence electrons. The summed E-state index contributed by atoms with van der Waals surface area (Å²) in [6, 6.07) is 0.0565. The van der Waals surface area contributed by atoms with Crippen molar-refractivity contribution >= 4 is 17.7 Å². The highest BCUT2D eigenvalue weighted by atomic mass is 32.2. The van der Waals surface area contributed by atoms with Crippen LogP contribution in [0.3, 0.4) is 0 Å². The third kappa shape index (κ3) is 3.22. The molecular weight excluding hydrogens is 327 g/mol. The Morgan fingerprint density at radius 3 is 2.83 bits per heavy atom. The maximum atomic E-state index is 13.2. The Balaban J connectivity index is 1.91. The zero-order valence-electron chi connectivity index (χ0n) is 13.0. The lowest BCUT2D eigenvalue weighted by Gasteiger charge is -2.43. The van der Waals surface area contributed by atoms with Crippen LogP contribution in [-0.2, 0) is 12.7 Å². The fourth-order valence-electron chi connectivity index (χ4n) is 3.45. The minimum atomic E-state index is -4.61. The molecule has 1 aromatic heterocycles. The predicted molar refractivity (Wildman–Crippen MR) is 82.4 cm³/mol. The van der Waals surface area contributed by atoms with Crippen molar-refractivity contribution in [3.05, 3.63) is 17.5 Å². The highest BCUT2D eigenvalue weighted by Crippen LogP contribution is 2.37. The fourth-order valence-corrected chi connectivity index (χ4v) is 4.90. The van der Waals surface area contributed by atoms with Crippen molar-refractivity contribution in [2.24, 2.45) is 0 Å². The highest BCUT2D eigenvalue weighted by molar-refractivity contribution is 8.00. The van der Waals surface area contributed by atoms with Gasteiger partial charge in [0.25, 0.3) is 5.91 Å². The van der Waals surface area contributed by atoms with E-state index in [4.69, 9.17) is 0 Å². The Bertz CT molecular complexity index is 585. The molecule has 1 aromatic rings. The predicted octanol–water partition coefficient (Wildman–Crippen LogP) is 3.42. The van der Waals surface area contributed by atoms with Gasteiger partial charge >= 0.3 is 6.18 Å².